The number of carbonyl (C=O) groups excluding carboxylic acids is 3. The Kier molecular flexibility index (Phi) is 4.15. The number of hydrogen-bond acceptors (Lipinski definition) is 5. The summed E-state index contributed by atoms with van der Waals surface area (Å²) >= 11 is 0. The summed E-state index contributed by atoms with van der Waals surface area (Å²) in [5.41, 5.74) is 10.00. The lowest BCUT2D eigenvalue weighted by molar-refractivity contribution is -0.157. The molecule has 1 unspecified atom stereocenters. The first-order chi connectivity index (χ1) is 14.9. The predicted molar refractivity (Wildman–Crippen MR) is 114 cm³/mol. The normalized spacial score (nSPS) is 38.5. The van der Waals surface area contributed by atoms with Crippen molar-refractivity contribution < 1.29 is 14.4 Å². The Bertz CT molecular complexity index is 967. The van der Waals surface area contributed by atoms with Crippen LogP contribution in [0.15, 0.2) is 18.2 Å². The molecule has 4 N–H and O–H groups in total. The summed E-state index contributed by atoms with van der Waals surface area (Å²) in [6.45, 7) is 1.19. The smallest absolute Gasteiger partial charge is 0.255 e. The number of benzene rings is 1. The third kappa shape index (κ3) is 3.04. The van der Waals surface area contributed by atoms with Crippen LogP contribution in [0.3, 0.4) is 0 Å². The lowest BCUT2D eigenvalue weighted by Crippen LogP contribution is -2.64. The Labute approximate surface area is 182 Å². The van der Waals surface area contributed by atoms with Crippen LogP contribution in [0.1, 0.15) is 72.9 Å². The van der Waals surface area contributed by atoms with Crippen molar-refractivity contribution >= 4 is 17.7 Å². The van der Waals surface area contributed by atoms with E-state index in [9.17, 15) is 14.4 Å². The first-order valence-electron chi connectivity index (χ1n) is 11.6. The molecule has 0 aromatic heterocycles. The van der Waals surface area contributed by atoms with Gasteiger partial charge in [0.25, 0.3) is 5.91 Å². The summed E-state index contributed by atoms with van der Waals surface area (Å²) < 4.78 is 0. The summed E-state index contributed by atoms with van der Waals surface area (Å²) in [4.78, 5) is 38.3. The predicted octanol–water partition coefficient (Wildman–Crippen LogP) is 1.59. The third-order valence-corrected chi connectivity index (χ3v) is 8.51. The Morgan fingerprint density at radius 1 is 1.10 bits per heavy atom. The van der Waals surface area contributed by atoms with Gasteiger partial charge in [-0.2, -0.15) is 0 Å². The summed E-state index contributed by atoms with van der Waals surface area (Å²) in [7, 11) is 0. The standard InChI is InChI=1S/C24H30N4O3/c25-15-6-23(7-15)12-24(13-23)8-16(9-24)26-10-14-2-1-3-17-18(14)11-28(22(17)31)19-4-5-20(29)27-21(19)30/h1-3,15-16,19,26H,4-13,25H2,(H,27,29,30). The molecular weight excluding hydrogens is 392 g/mol. The highest BCUT2D eigenvalue weighted by atomic mass is 16.2. The van der Waals surface area contributed by atoms with Crippen LogP contribution in [0, 0.1) is 10.8 Å². The average Bonchev–Trinajstić information content (AvgIpc) is 2.98. The van der Waals surface area contributed by atoms with Crippen molar-refractivity contribution in [2.75, 3.05) is 0 Å². The van der Waals surface area contributed by atoms with E-state index < -0.39 is 6.04 Å². The highest BCUT2D eigenvalue weighted by molar-refractivity contribution is 6.05. The van der Waals surface area contributed by atoms with Gasteiger partial charge in [-0.3, -0.25) is 19.7 Å². The van der Waals surface area contributed by atoms with Gasteiger partial charge in [-0.15, -0.1) is 0 Å². The van der Waals surface area contributed by atoms with Gasteiger partial charge in [-0.25, -0.2) is 0 Å². The van der Waals surface area contributed by atoms with Gasteiger partial charge in [0.1, 0.15) is 6.04 Å². The molecule has 164 valence electrons. The van der Waals surface area contributed by atoms with Gasteiger partial charge in [0.2, 0.25) is 11.8 Å². The molecule has 1 saturated heterocycles. The molecule has 3 amide bonds. The van der Waals surface area contributed by atoms with Crippen LogP contribution in [-0.4, -0.2) is 40.7 Å². The number of imide groups is 1. The molecule has 5 aliphatic rings. The largest absolute Gasteiger partial charge is 0.328 e. The fraction of sp³-hybridized carbons (Fsp3) is 0.625. The summed E-state index contributed by atoms with van der Waals surface area (Å²) in [5, 5.41) is 6.07. The second kappa shape index (κ2) is 6.62. The maximum atomic E-state index is 13.0. The number of nitrogens with two attached hydrogens (primary N) is 1. The molecule has 2 heterocycles. The summed E-state index contributed by atoms with van der Waals surface area (Å²) in [5.74, 6) is -0.721. The number of fused-ring (bicyclic) bond motifs is 1. The lowest BCUT2D eigenvalue weighted by Gasteiger charge is -2.68. The molecule has 1 aromatic rings. The number of amides is 3. The molecule has 6 rings (SSSR count). The van der Waals surface area contributed by atoms with Crippen molar-refractivity contribution in [1.82, 2.24) is 15.5 Å². The minimum atomic E-state index is -0.560. The van der Waals surface area contributed by atoms with E-state index in [0.29, 0.717) is 41.4 Å². The number of carbonyl (C=O) groups is 3. The third-order valence-electron chi connectivity index (χ3n) is 8.51. The van der Waals surface area contributed by atoms with Gasteiger partial charge in [-0.1, -0.05) is 12.1 Å². The van der Waals surface area contributed by atoms with Crippen molar-refractivity contribution in [3.63, 3.8) is 0 Å². The van der Waals surface area contributed by atoms with Crippen LogP contribution in [-0.2, 0) is 22.7 Å². The minimum Gasteiger partial charge on any atom is -0.328 e. The minimum absolute atomic E-state index is 0.104. The maximum absolute atomic E-state index is 13.0. The molecule has 3 aliphatic carbocycles. The topological polar surface area (TPSA) is 105 Å². The van der Waals surface area contributed by atoms with Gasteiger partial charge in [0, 0.05) is 37.2 Å². The maximum Gasteiger partial charge on any atom is 0.255 e. The summed E-state index contributed by atoms with van der Waals surface area (Å²) in [6, 6.07) is 6.28. The van der Waals surface area contributed by atoms with E-state index in [2.05, 4.69) is 16.7 Å². The first-order valence-corrected chi connectivity index (χ1v) is 11.6. The zero-order valence-corrected chi connectivity index (χ0v) is 17.8. The molecule has 3 saturated carbocycles. The molecule has 7 heteroatoms. The molecule has 31 heavy (non-hydrogen) atoms. The number of nitrogens with one attached hydrogen (secondary N) is 2. The van der Waals surface area contributed by atoms with Gasteiger partial charge < -0.3 is 16.0 Å². The lowest BCUT2D eigenvalue weighted by atomic mass is 9.38. The van der Waals surface area contributed by atoms with Crippen molar-refractivity contribution in [2.45, 2.75) is 82.6 Å². The van der Waals surface area contributed by atoms with Gasteiger partial charge in [0.05, 0.1) is 0 Å². The van der Waals surface area contributed by atoms with E-state index in [4.69, 9.17) is 5.73 Å². The fourth-order valence-corrected chi connectivity index (χ4v) is 7.37. The molecule has 0 radical (unpaired) electrons. The molecule has 4 fully saturated rings. The van der Waals surface area contributed by atoms with Crippen molar-refractivity contribution in [2.24, 2.45) is 16.6 Å². The Morgan fingerprint density at radius 2 is 1.84 bits per heavy atom. The van der Waals surface area contributed by atoms with Crippen LogP contribution in [0.4, 0.5) is 0 Å². The number of rotatable bonds is 4. The zero-order chi connectivity index (χ0) is 21.4. The van der Waals surface area contributed by atoms with Crippen LogP contribution in [0.2, 0.25) is 0 Å². The Morgan fingerprint density at radius 3 is 2.55 bits per heavy atom. The highest BCUT2D eigenvalue weighted by Gasteiger charge is 2.63. The van der Waals surface area contributed by atoms with E-state index in [1.165, 1.54) is 38.5 Å². The van der Waals surface area contributed by atoms with Crippen molar-refractivity contribution in [3.05, 3.63) is 34.9 Å². The molecule has 1 aromatic carbocycles. The van der Waals surface area contributed by atoms with Crippen LogP contribution in [0.25, 0.3) is 0 Å². The van der Waals surface area contributed by atoms with E-state index in [-0.39, 0.29) is 24.1 Å². The SMILES string of the molecule is NC1CC2(C1)CC1(CC(NCc3cccc4c3CN(C3CCC(=O)NC3=O)C4=O)C1)C2. The van der Waals surface area contributed by atoms with Crippen molar-refractivity contribution in [3.8, 4) is 0 Å². The average molecular weight is 423 g/mol. The second-order valence-electron chi connectivity index (χ2n) is 10.9. The van der Waals surface area contributed by atoms with Crippen LogP contribution < -0.4 is 16.4 Å². The molecular formula is C24H30N4O3. The fourth-order valence-electron chi connectivity index (χ4n) is 7.37. The van der Waals surface area contributed by atoms with Crippen LogP contribution in [0.5, 0.6) is 0 Å². The summed E-state index contributed by atoms with van der Waals surface area (Å²) in [6.07, 6.45) is 8.35. The van der Waals surface area contributed by atoms with Crippen molar-refractivity contribution in [1.29, 1.82) is 0 Å². The van der Waals surface area contributed by atoms with Gasteiger partial charge in [0.15, 0.2) is 0 Å². The number of piperidine rings is 1. The Hall–Kier alpha value is -2.25. The van der Waals surface area contributed by atoms with E-state index >= 15 is 0 Å². The number of hydrogen-bond donors (Lipinski definition) is 3. The Balaban J connectivity index is 1.07. The highest BCUT2D eigenvalue weighted by Crippen LogP contribution is 2.70. The zero-order valence-electron chi connectivity index (χ0n) is 17.8. The molecule has 2 spiro atoms. The molecule has 2 aliphatic heterocycles. The van der Waals surface area contributed by atoms with E-state index in [1.807, 2.05) is 12.1 Å². The van der Waals surface area contributed by atoms with E-state index in [0.717, 1.165) is 17.7 Å². The second-order valence-corrected chi connectivity index (χ2v) is 10.9. The quantitative estimate of drug-likeness (QED) is 0.639. The number of nitrogens with zero attached hydrogens (tertiary/aromatic N) is 1. The first kappa shape index (κ1) is 19.4. The molecule has 7 nitrogen and oxygen atoms in total. The molecule has 1 atom stereocenters. The molecule has 0 bridgehead atoms. The monoisotopic (exact) mass is 422 g/mol. The van der Waals surface area contributed by atoms with E-state index in [1.54, 1.807) is 4.90 Å². The van der Waals surface area contributed by atoms with Gasteiger partial charge >= 0.3 is 0 Å². The van der Waals surface area contributed by atoms with Crippen LogP contribution >= 0.6 is 0 Å². The van der Waals surface area contributed by atoms with Gasteiger partial charge in [-0.05, 0) is 73.0 Å².